The van der Waals surface area contributed by atoms with E-state index in [1.54, 1.807) is 30.4 Å². The first kappa shape index (κ1) is 13.9. The maximum atomic E-state index is 13.6. The standard InChI is InChI=1S/C18H12FNO2/c19-15-9-5-4-8-14(15)12-16-18(21)22-17(20-16)11-10-13-6-2-1-3-7-13/h1-12H. The molecule has 1 aliphatic heterocycles. The molecule has 1 heterocycles. The molecule has 0 amide bonds. The Labute approximate surface area is 127 Å². The molecule has 3 rings (SSSR count). The Balaban J connectivity index is 1.83. The highest BCUT2D eigenvalue weighted by Gasteiger charge is 2.21. The Bertz CT molecular complexity index is 792. The molecule has 3 nitrogen and oxygen atoms in total. The van der Waals surface area contributed by atoms with Gasteiger partial charge in [-0.1, -0.05) is 48.5 Å². The van der Waals surface area contributed by atoms with Crippen LogP contribution >= 0.6 is 0 Å². The van der Waals surface area contributed by atoms with Crippen LogP contribution in [0.5, 0.6) is 0 Å². The van der Waals surface area contributed by atoms with Gasteiger partial charge in [0.1, 0.15) is 5.82 Å². The van der Waals surface area contributed by atoms with Crippen molar-refractivity contribution < 1.29 is 13.9 Å². The molecule has 0 aliphatic carbocycles. The summed E-state index contributed by atoms with van der Waals surface area (Å²) in [4.78, 5) is 15.8. The summed E-state index contributed by atoms with van der Waals surface area (Å²) in [6, 6.07) is 15.7. The molecular formula is C18H12FNO2. The molecule has 2 aromatic carbocycles. The fourth-order valence-corrected chi connectivity index (χ4v) is 1.97. The monoisotopic (exact) mass is 293 g/mol. The van der Waals surface area contributed by atoms with Gasteiger partial charge in [-0.25, -0.2) is 14.2 Å². The van der Waals surface area contributed by atoms with Gasteiger partial charge in [-0.3, -0.25) is 0 Å². The third-order valence-corrected chi connectivity index (χ3v) is 3.05. The van der Waals surface area contributed by atoms with E-state index >= 15 is 0 Å². The zero-order chi connectivity index (χ0) is 15.4. The molecule has 0 bridgehead atoms. The number of cyclic esters (lactones) is 1. The van der Waals surface area contributed by atoms with E-state index in [9.17, 15) is 9.18 Å². The molecule has 0 aromatic heterocycles. The molecule has 1 aliphatic rings. The second-order valence-electron chi connectivity index (χ2n) is 4.63. The number of aliphatic imine (C=N–C) groups is 1. The summed E-state index contributed by atoms with van der Waals surface area (Å²) in [7, 11) is 0. The van der Waals surface area contributed by atoms with Gasteiger partial charge in [0.05, 0.1) is 0 Å². The van der Waals surface area contributed by atoms with Gasteiger partial charge in [0.2, 0.25) is 5.90 Å². The van der Waals surface area contributed by atoms with Crippen LogP contribution in [0.4, 0.5) is 4.39 Å². The minimum atomic E-state index is -0.587. The van der Waals surface area contributed by atoms with E-state index < -0.39 is 11.8 Å². The average Bonchev–Trinajstić information content (AvgIpc) is 2.89. The van der Waals surface area contributed by atoms with Crippen molar-refractivity contribution in [2.24, 2.45) is 4.99 Å². The van der Waals surface area contributed by atoms with Gasteiger partial charge in [0.25, 0.3) is 0 Å². The topological polar surface area (TPSA) is 38.7 Å². The van der Waals surface area contributed by atoms with E-state index in [1.807, 2.05) is 30.3 Å². The van der Waals surface area contributed by atoms with Crippen LogP contribution in [0.1, 0.15) is 11.1 Å². The summed E-state index contributed by atoms with van der Waals surface area (Å²) in [5.74, 6) is -0.807. The van der Waals surface area contributed by atoms with Gasteiger partial charge in [0.15, 0.2) is 5.70 Å². The molecule has 0 N–H and O–H groups in total. The molecule has 0 radical (unpaired) electrons. The first-order chi connectivity index (χ1) is 10.7. The fraction of sp³-hybridized carbons (Fsp3) is 0. The van der Waals surface area contributed by atoms with E-state index in [2.05, 4.69) is 4.99 Å². The molecule has 4 heteroatoms. The van der Waals surface area contributed by atoms with Crippen LogP contribution in [-0.4, -0.2) is 11.9 Å². The smallest absolute Gasteiger partial charge is 0.363 e. The van der Waals surface area contributed by atoms with Crippen LogP contribution in [0.2, 0.25) is 0 Å². The molecule has 0 unspecified atom stereocenters. The van der Waals surface area contributed by atoms with Gasteiger partial charge in [-0.05, 0) is 23.8 Å². The lowest BCUT2D eigenvalue weighted by atomic mass is 10.2. The van der Waals surface area contributed by atoms with Crippen LogP contribution in [0.15, 0.2) is 71.4 Å². The van der Waals surface area contributed by atoms with Crippen molar-refractivity contribution in [1.29, 1.82) is 0 Å². The number of ether oxygens (including phenoxy) is 1. The second-order valence-corrected chi connectivity index (χ2v) is 4.63. The van der Waals surface area contributed by atoms with Crippen molar-refractivity contribution in [3.05, 3.63) is 83.3 Å². The SMILES string of the molecule is O=C1OC(C=Cc2ccccc2)=NC1=Cc1ccccc1F. The first-order valence-corrected chi connectivity index (χ1v) is 6.72. The van der Waals surface area contributed by atoms with Crippen LogP contribution in [0.3, 0.4) is 0 Å². The van der Waals surface area contributed by atoms with E-state index in [0.717, 1.165) is 5.56 Å². The first-order valence-electron chi connectivity index (χ1n) is 6.72. The van der Waals surface area contributed by atoms with Crippen molar-refractivity contribution in [2.45, 2.75) is 0 Å². The lowest BCUT2D eigenvalue weighted by molar-refractivity contribution is -0.129. The second kappa shape index (κ2) is 6.18. The predicted molar refractivity (Wildman–Crippen MR) is 83.4 cm³/mol. The third-order valence-electron chi connectivity index (χ3n) is 3.05. The number of halogens is 1. The number of hydrogen-bond acceptors (Lipinski definition) is 3. The summed E-state index contributed by atoms with van der Waals surface area (Å²) < 4.78 is 18.6. The maximum Gasteiger partial charge on any atom is 0.363 e. The molecule has 2 aromatic rings. The van der Waals surface area contributed by atoms with E-state index in [4.69, 9.17) is 4.74 Å². The van der Waals surface area contributed by atoms with Crippen LogP contribution in [0.25, 0.3) is 12.2 Å². The normalized spacial score (nSPS) is 16.1. The highest BCUT2D eigenvalue weighted by Crippen LogP contribution is 2.18. The minimum Gasteiger partial charge on any atom is -0.403 e. The lowest BCUT2D eigenvalue weighted by Crippen LogP contribution is -2.01. The minimum absolute atomic E-state index is 0.0813. The Morgan fingerprint density at radius 2 is 1.68 bits per heavy atom. The van der Waals surface area contributed by atoms with Gasteiger partial charge >= 0.3 is 5.97 Å². The maximum absolute atomic E-state index is 13.6. The summed E-state index contributed by atoms with van der Waals surface area (Å²) in [6.45, 7) is 0. The highest BCUT2D eigenvalue weighted by molar-refractivity contribution is 6.11. The third kappa shape index (κ3) is 3.17. The molecule has 22 heavy (non-hydrogen) atoms. The largest absolute Gasteiger partial charge is 0.403 e. The van der Waals surface area contributed by atoms with E-state index in [0.29, 0.717) is 5.56 Å². The van der Waals surface area contributed by atoms with Crippen molar-refractivity contribution in [3.63, 3.8) is 0 Å². The zero-order valence-electron chi connectivity index (χ0n) is 11.6. The van der Waals surface area contributed by atoms with Gasteiger partial charge < -0.3 is 4.74 Å². The summed E-state index contributed by atoms with van der Waals surface area (Å²) in [5.41, 5.74) is 1.34. The summed E-state index contributed by atoms with van der Waals surface area (Å²) >= 11 is 0. The molecule has 108 valence electrons. The van der Waals surface area contributed by atoms with Crippen LogP contribution in [0, 0.1) is 5.82 Å². The zero-order valence-corrected chi connectivity index (χ0v) is 11.6. The summed E-state index contributed by atoms with van der Waals surface area (Å²) in [5, 5.41) is 0. The average molecular weight is 293 g/mol. The lowest BCUT2D eigenvalue weighted by Gasteiger charge is -1.95. The summed E-state index contributed by atoms with van der Waals surface area (Å²) in [6.07, 6.45) is 4.77. The molecular weight excluding hydrogens is 281 g/mol. The molecule has 0 saturated heterocycles. The van der Waals surface area contributed by atoms with Gasteiger partial charge in [-0.2, -0.15) is 0 Å². The molecule has 0 fully saturated rings. The fourth-order valence-electron chi connectivity index (χ4n) is 1.97. The number of nitrogens with zero attached hydrogens (tertiary/aromatic N) is 1. The number of carbonyl (C=O) groups is 1. The van der Waals surface area contributed by atoms with Gasteiger partial charge in [-0.15, -0.1) is 0 Å². The Morgan fingerprint density at radius 1 is 0.955 bits per heavy atom. The quantitative estimate of drug-likeness (QED) is 0.637. The predicted octanol–water partition coefficient (Wildman–Crippen LogP) is 3.84. The number of hydrogen-bond donors (Lipinski definition) is 0. The van der Waals surface area contributed by atoms with Crippen LogP contribution < -0.4 is 0 Å². The number of benzene rings is 2. The number of esters is 1. The highest BCUT2D eigenvalue weighted by atomic mass is 19.1. The molecule has 0 spiro atoms. The Morgan fingerprint density at radius 3 is 2.45 bits per heavy atom. The van der Waals surface area contributed by atoms with Crippen LogP contribution in [-0.2, 0) is 9.53 Å². The Hall–Kier alpha value is -3.01. The Kier molecular flexibility index (Phi) is 3.92. The molecule has 0 saturated carbocycles. The van der Waals surface area contributed by atoms with Crippen molar-refractivity contribution >= 4 is 24.0 Å². The van der Waals surface area contributed by atoms with E-state index in [1.165, 1.54) is 12.1 Å². The van der Waals surface area contributed by atoms with E-state index in [-0.39, 0.29) is 11.6 Å². The molecule has 0 atom stereocenters. The van der Waals surface area contributed by atoms with Crippen molar-refractivity contribution in [2.75, 3.05) is 0 Å². The van der Waals surface area contributed by atoms with Gasteiger partial charge in [0, 0.05) is 11.6 Å². The number of carbonyl (C=O) groups excluding carboxylic acids is 1. The van der Waals surface area contributed by atoms with Crippen molar-refractivity contribution in [1.82, 2.24) is 0 Å². The van der Waals surface area contributed by atoms with Crippen molar-refractivity contribution in [3.8, 4) is 0 Å². The number of rotatable bonds is 3.